The Labute approximate surface area is 218 Å². The number of nitrogens with two attached hydrogens (primary N) is 1. The number of H-pyrrole nitrogens is 1. The molecule has 0 unspecified atom stereocenters. The molecule has 3 heterocycles. The van der Waals surface area contributed by atoms with Gasteiger partial charge >= 0.3 is 6.18 Å². The third kappa shape index (κ3) is 4.26. The van der Waals surface area contributed by atoms with E-state index in [1.54, 1.807) is 24.4 Å². The van der Waals surface area contributed by atoms with E-state index in [-0.39, 0.29) is 34.7 Å². The summed E-state index contributed by atoms with van der Waals surface area (Å²) in [5, 5.41) is 13.9. The molecule has 2 aromatic carbocycles. The van der Waals surface area contributed by atoms with Gasteiger partial charge in [0.25, 0.3) is 5.91 Å². The first kappa shape index (κ1) is 26.2. The number of ether oxygens (including phenoxy) is 1. The van der Waals surface area contributed by atoms with Gasteiger partial charge in [0, 0.05) is 22.7 Å². The average Bonchev–Trinajstić information content (AvgIpc) is 3.52. The van der Waals surface area contributed by atoms with Crippen molar-refractivity contribution in [2.24, 2.45) is 5.73 Å². The van der Waals surface area contributed by atoms with Gasteiger partial charge in [-0.15, -0.1) is 0 Å². The summed E-state index contributed by atoms with van der Waals surface area (Å²) < 4.78 is 62.8. The van der Waals surface area contributed by atoms with Crippen molar-refractivity contribution in [3.05, 3.63) is 83.4 Å². The lowest BCUT2D eigenvalue weighted by molar-refractivity contribution is -0.265. The minimum absolute atomic E-state index is 0.0151. The fourth-order valence-electron chi connectivity index (χ4n) is 4.52. The number of pyridine rings is 1. The van der Waals surface area contributed by atoms with Gasteiger partial charge in [0.1, 0.15) is 29.3 Å². The fraction of sp³-hybridized carbons (Fsp3) is 0.222. The molecule has 1 aliphatic heterocycles. The normalized spacial score (nSPS) is 18.3. The lowest BCUT2D eigenvalue weighted by atomic mass is 9.81. The Hall–Kier alpha value is -4.45. The number of para-hydroxylation sites is 1. The second-order valence-corrected chi connectivity index (χ2v) is 9.51. The maximum atomic E-state index is 14.5. The van der Waals surface area contributed by atoms with E-state index in [2.05, 4.69) is 15.3 Å². The summed E-state index contributed by atoms with van der Waals surface area (Å²) in [4.78, 5) is 32.2. The van der Waals surface area contributed by atoms with Crippen LogP contribution in [0.5, 0.6) is 5.75 Å². The van der Waals surface area contributed by atoms with Crippen molar-refractivity contribution in [1.29, 1.82) is 0 Å². The van der Waals surface area contributed by atoms with Crippen LogP contribution < -0.4 is 15.8 Å². The van der Waals surface area contributed by atoms with Crippen LogP contribution in [0.1, 0.15) is 28.5 Å². The number of aliphatic hydroxyl groups is 1. The zero-order chi connectivity index (χ0) is 28.2. The average molecular weight is 542 g/mol. The maximum absolute atomic E-state index is 14.5. The van der Waals surface area contributed by atoms with E-state index in [0.717, 1.165) is 18.2 Å². The highest BCUT2D eigenvalue weighted by Gasteiger charge is 2.57. The molecule has 2 amide bonds. The number of carbonyl (C=O) groups is 2. The number of hydrogen-bond donors (Lipinski definition) is 4. The fourth-order valence-corrected chi connectivity index (χ4v) is 4.52. The van der Waals surface area contributed by atoms with E-state index < -0.39 is 47.1 Å². The molecule has 0 radical (unpaired) electrons. The zero-order valence-corrected chi connectivity index (χ0v) is 20.4. The van der Waals surface area contributed by atoms with E-state index in [1.165, 1.54) is 25.1 Å². The SMILES string of the molecule is C[C@]1(C(N)=O)COc2c1cc([C@@](O)(CNC(=O)c1cccc3cc[nH]c13)C(F)(F)F)nc2-c1ccc(F)cc1. The Balaban J connectivity index is 1.62. The second kappa shape index (κ2) is 9.09. The first-order valence-corrected chi connectivity index (χ1v) is 11.7. The van der Waals surface area contributed by atoms with Crippen molar-refractivity contribution >= 4 is 22.7 Å². The molecule has 8 nitrogen and oxygen atoms in total. The van der Waals surface area contributed by atoms with Crippen LogP contribution >= 0.6 is 0 Å². The number of carbonyl (C=O) groups excluding carboxylic acids is 2. The Morgan fingerprint density at radius 1 is 1.18 bits per heavy atom. The minimum atomic E-state index is -5.32. The van der Waals surface area contributed by atoms with Crippen LogP contribution in [-0.4, -0.2) is 46.2 Å². The van der Waals surface area contributed by atoms with Crippen molar-refractivity contribution in [2.75, 3.05) is 13.2 Å². The van der Waals surface area contributed by atoms with Crippen molar-refractivity contribution in [3.8, 4) is 17.0 Å². The summed E-state index contributed by atoms with van der Waals surface area (Å²) in [5.41, 5.74) is -0.0733. The van der Waals surface area contributed by atoms with E-state index in [9.17, 15) is 32.3 Å². The number of aromatic nitrogens is 2. The molecule has 4 aromatic rings. The van der Waals surface area contributed by atoms with Gasteiger partial charge in [0.15, 0.2) is 0 Å². The van der Waals surface area contributed by atoms with E-state index in [4.69, 9.17) is 10.5 Å². The molecule has 0 bridgehead atoms. The van der Waals surface area contributed by atoms with Crippen molar-refractivity contribution < 1.29 is 37.0 Å². The summed E-state index contributed by atoms with van der Waals surface area (Å²) >= 11 is 0. The second-order valence-electron chi connectivity index (χ2n) is 9.51. The Bertz CT molecular complexity index is 1600. The number of primary amides is 1. The van der Waals surface area contributed by atoms with Crippen LogP contribution in [0, 0.1) is 5.82 Å². The highest BCUT2D eigenvalue weighted by molar-refractivity contribution is 6.05. The highest BCUT2D eigenvalue weighted by atomic mass is 19.4. The number of benzene rings is 2. The van der Waals surface area contributed by atoms with Gasteiger partial charge < -0.3 is 25.9 Å². The first-order chi connectivity index (χ1) is 18.3. The Morgan fingerprint density at radius 3 is 2.56 bits per heavy atom. The molecule has 1 aliphatic rings. The van der Waals surface area contributed by atoms with Crippen LogP contribution in [0.4, 0.5) is 17.6 Å². The third-order valence-corrected chi connectivity index (χ3v) is 6.96. The van der Waals surface area contributed by atoms with Crippen molar-refractivity contribution in [2.45, 2.75) is 24.1 Å². The zero-order valence-electron chi connectivity index (χ0n) is 20.4. The van der Waals surface area contributed by atoms with Gasteiger partial charge in [0.05, 0.1) is 23.3 Å². The third-order valence-electron chi connectivity index (χ3n) is 6.96. The number of alkyl halides is 3. The van der Waals surface area contributed by atoms with E-state index in [1.807, 2.05) is 0 Å². The largest absolute Gasteiger partial charge is 0.489 e. The topological polar surface area (TPSA) is 130 Å². The number of amides is 2. The molecule has 5 rings (SSSR count). The lowest BCUT2D eigenvalue weighted by Crippen LogP contribution is -2.51. The number of rotatable bonds is 6. The number of halogens is 4. The van der Waals surface area contributed by atoms with Gasteiger partial charge in [0.2, 0.25) is 11.5 Å². The van der Waals surface area contributed by atoms with Crippen molar-refractivity contribution in [1.82, 2.24) is 15.3 Å². The molecule has 2 atom stereocenters. The van der Waals surface area contributed by atoms with Crippen molar-refractivity contribution in [3.63, 3.8) is 0 Å². The number of aromatic amines is 1. The predicted octanol–water partition coefficient (Wildman–Crippen LogP) is 3.68. The molecule has 202 valence electrons. The molecule has 39 heavy (non-hydrogen) atoms. The summed E-state index contributed by atoms with van der Waals surface area (Å²) in [7, 11) is 0. The standard InChI is InChI=1S/C27H22F4N4O4/c1-25(24(32)37)13-39-22-18(25)11-19(35-21(22)15-5-7-16(28)8-6-15)26(38,27(29,30)31)12-34-23(36)17-4-2-3-14-9-10-33-20(14)17/h2-11,33,38H,12-13H2,1H3,(H2,32,37)(H,34,36)/t25-,26-/m0/s1. The Kier molecular flexibility index (Phi) is 6.10. The van der Waals surface area contributed by atoms with Gasteiger partial charge in [-0.05, 0) is 49.4 Å². The molecule has 0 saturated carbocycles. The maximum Gasteiger partial charge on any atom is 0.424 e. The van der Waals surface area contributed by atoms with Gasteiger partial charge in [-0.1, -0.05) is 12.1 Å². The van der Waals surface area contributed by atoms with Crippen LogP contribution in [0.25, 0.3) is 22.2 Å². The Morgan fingerprint density at radius 2 is 1.90 bits per heavy atom. The quantitative estimate of drug-likeness (QED) is 0.276. The van der Waals surface area contributed by atoms with Crippen LogP contribution in [0.2, 0.25) is 0 Å². The minimum Gasteiger partial charge on any atom is -0.489 e. The summed E-state index contributed by atoms with van der Waals surface area (Å²) in [6, 6.07) is 12.0. The van der Waals surface area contributed by atoms with Gasteiger partial charge in [-0.2, -0.15) is 13.2 Å². The van der Waals surface area contributed by atoms with Crippen LogP contribution in [0.15, 0.2) is 60.8 Å². The van der Waals surface area contributed by atoms with Gasteiger partial charge in [-0.3, -0.25) is 9.59 Å². The number of nitrogens with zero attached hydrogens (tertiary/aromatic N) is 1. The van der Waals surface area contributed by atoms with Crippen LogP contribution in [0.3, 0.4) is 0 Å². The number of nitrogens with one attached hydrogen (secondary N) is 2. The monoisotopic (exact) mass is 542 g/mol. The molecular weight excluding hydrogens is 520 g/mol. The summed E-state index contributed by atoms with van der Waals surface area (Å²) in [5.74, 6) is -2.35. The molecule has 5 N–H and O–H groups in total. The molecule has 0 saturated heterocycles. The highest BCUT2D eigenvalue weighted by Crippen LogP contribution is 2.47. The molecule has 0 fully saturated rings. The van der Waals surface area contributed by atoms with E-state index >= 15 is 0 Å². The molecule has 12 heteroatoms. The van der Waals surface area contributed by atoms with Crippen LogP contribution in [-0.2, 0) is 15.8 Å². The summed E-state index contributed by atoms with van der Waals surface area (Å²) in [6.45, 7) is -0.182. The van der Waals surface area contributed by atoms with Gasteiger partial charge in [-0.25, -0.2) is 9.37 Å². The lowest BCUT2D eigenvalue weighted by Gasteiger charge is -2.31. The first-order valence-electron chi connectivity index (χ1n) is 11.7. The smallest absolute Gasteiger partial charge is 0.424 e. The number of hydrogen-bond acceptors (Lipinski definition) is 5. The molecule has 2 aromatic heterocycles. The predicted molar refractivity (Wildman–Crippen MR) is 132 cm³/mol. The summed E-state index contributed by atoms with van der Waals surface area (Å²) in [6.07, 6.45) is -3.74. The molecular formula is C27H22F4N4O4. The molecule has 0 spiro atoms. The number of fused-ring (bicyclic) bond motifs is 2. The van der Waals surface area contributed by atoms with E-state index in [0.29, 0.717) is 10.9 Å². The molecule has 0 aliphatic carbocycles.